The molecule has 1 saturated heterocycles. The Morgan fingerprint density at radius 3 is 2.50 bits per heavy atom. The molecule has 0 aliphatic carbocycles. The number of benzene rings is 1. The molecule has 3 nitrogen and oxygen atoms in total. The van der Waals surface area contributed by atoms with Crippen molar-refractivity contribution in [3.05, 3.63) is 29.1 Å². The first kappa shape index (κ1) is 11.7. The minimum absolute atomic E-state index is 0.200. The Bertz CT molecular complexity index is 538. The van der Waals surface area contributed by atoms with E-state index in [1.54, 1.807) is 0 Å². The van der Waals surface area contributed by atoms with E-state index < -0.39 is 0 Å². The number of hydrogen-bond donors (Lipinski definition) is 2. The molecule has 1 fully saturated rings. The summed E-state index contributed by atoms with van der Waals surface area (Å²) in [4.78, 5) is 8.36. The van der Waals surface area contributed by atoms with Crippen LogP contribution in [0.25, 0.3) is 11.0 Å². The van der Waals surface area contributed by atoms with Gasteiger partial charge in [-0.25, -0.2) is 4.98 Å². The van der Waals surface area contributed by atoms with Gasteiger partial charge in [0.2, 0.25) is 0 Å². The third-order valence-corrected chi connectivity index (χ3v) is 4.38. The van der Waals surface area contributed by atoms with Crippen LogP contribution in [0.2, 0.25) is 0 Å². The average molecular weight is 243 g/mol. The van der Waals surface area contributed by atoms with Crippen LogP contribution in [0.1, 0.15) is 36.7 Å². The molecule has 0 radical (unpaired) electrons. The summed E-state index contributed by atoms with van der Waals surface area (Å²) in [5, 5.41) is 3.42. The van der Waals surface area contributed by atoms with Crippen molar-refractivity contribution in [2.75, 3.05) is 13.1 Å². The van der Waals surface area contributed by atoms with E-state index in [4.69, 9.17) is 4.98 Å². The summed E-state index contributed by atoms with van der Waals surface area (Å²) < 4.78 is 0. The number of imidazole rings is 1. The maximum atomic E-state index is 4.83. The number of piperidine rings is 1. The number of nitrogens with zero attached hydrogens (tertiary/aromatic N) is 1. The van der Waals surface area contributed by atoms with E-state index >= 15 is 0 Å². The molecular weight excluding hydrogens is 222 g/mol. The second-order valence-electron chi connectivity index (χ2n) is 5.85. The van der Waals surface area contributed by atoms with E-state index in [2.05, 4.69) is 43.2 Å². The monoisotopic (exact) mass is 243 g/mol. The Hall–Kier alpha value is -1.35. The molecule has 18 heavy (non-hydrogen) atoms. The van der Waals surface area contributed by atoms with Crippen LogP contribution < -0.4 is 5.32 Å². The van der Waals surface area contributed by atoms with Crippen LogP contribution in [0.3, 0.4) is 0 Å². The normalized spacial score (nSPS) is 19.3. The van der Waals surface area contributed by atoms with E-state index in [1.165, 1.54) is 16.6 Å². The highest BCUT2D eigenvalue weighted by Crippen LogP contribution is 2.32. The topological polar surface area (TPSA) is 40.7 Å². The number of nitrogens with one attached hydrogen (secondary N) is 2. The molecule has 0 unspecified atom stereocenters. The molecule has 1 aromatic heterocycles. The quantitative estimate of drug-likeness (QED) is 0.808. The lowest BCUT2D eigenvalue weighted by Crippen LogP contribution is -2.38. The zero-order valence-corrected chi connectivity index (χ0v) is 11.4. The van der Waals surface area contributed by atoms with E-state index in [0.29, 0.717) is 0 Å². The summed E-state index contributed by atoms with van der Waals surface area (Å²) in [7, 11) is 0. The van der Waals surface area contributed by atoms with Gasteiger partial charge in [-0.05, 0) is 63.0 Å². The maximum absolute atomic E-state index is 4.83. The molecule has 3 heteroatoms. The zero-order valence-electron chi connectivity index (χ0n) is 11.4. The highest BCUT2D eigenvalue weighted by Gasteiger charge is 2.31. The first-order valence-corrected chi connectivity index (χ1v) is 6.77. The lowest BCUT2D eigenvalue weighted by molar-refractivity contribution is 0.321. The second-order valence-corrected chi connectivity index (χ2v) is 5.85. The third kappa shape index (κ3) is 1.83. The Balaban J connectivity index is 2.07. The number of H-pyrrole nitrogens is 1. The minimum Gasteiger partial charge on any atom is -0.342 e. The minimum atomic E-state index is 0.200. The summed E-state index contributed by atoms with van der Waals surface area (Å²) in [5.74, 6) is 1.16. The van der Waals surface area contributed by atoms with Gasteiger partial charge >= 0.3 is 0 Å². The summed E-state index contributed by atoms with van der Waals surface area (Å²) in [6, 6.07) is 4.40. The van der Waals surface area contributed by atoms with E-state index in [9.17, 15) is 0 Å². The standard InChI is InChI=1S/C15H21N3/c1-10-8-12-13(9-11(10)2)18-14(17-12)15(3)4-6-16-7-5-15/h8-9,16H,4-7H2,1-3H3,(H,17,18). The van der Waals surface area contributed by atoms with Crippen LogP contribution in [0, 0.1) is 13.8 Å². The molecule has 2 aromatic rings. The first-order chi connectivity index (χ1) is 8.58. The predicted molar refractivity (Wildman–Crippen MR) is 75.0 cm³/mol. The number of aryl methyl sites for hydroxylation is 2. The SMILES string of the molecule is Cc1cc2nc(C3(C)CCNCC3)[nH]c2cc1C. The Morgan fingerprint density at radius 2 is 1.78 bits per heavy atom. The van der Waals surface area contributed by atoms with Crippen LogP contribution in [0.15, 0.2) is 12.1 Å². The van der Waals surface area contributed by atoms with Gasteiger partial charge in [0.1, 0.15) is 5.82 Å². The Labute approximate surface area is 108 Å². The van der Waals surface area contributed by atoms with E-state index in [0.717, 1.165) is 37.3 Å². The van der Waals surface area contributed by atoms with E-state index in [1.807, 2.05) is 0 Å². The molecule has 0 amide bonds. The van der Waals surface area contributed by atoms with Gasteiger partial charge in [-0.15, -0.1) is 0 Å². The smallest absolute Gasteiger partial charge is 0.113 e. The molecule has 2 N–H and O–H groups in total. The lowest BCUT2D eigenvalue weighted by atomic mass is 9.80. The predicted octanol–water partition coefficient (Wildman–Crippen LogP) is 2.82. The largest absolute Gasteiger partial charge is 0.342 e. The molecule has 1 aromatic carbocycles. The van der Waals surface area contributed by atoms with Gasteiger partial charge in [-0.3, -0.25) is 0 Å². The fourth-order valence-electron chi connectivity index (χ4n) is 2.77. The van der Waals surface area contributed by atoms with E-state index in [-0.39, 0.29) is 5.41 Å². The highest BCUT2D eigenvalue weighted by molar-refractivity contribution is 5.77. The van der Waals surface area contributed by atoms with Gasteiger partial charge in [0.25, 0.3) is 0 Å². The van der Waals surface area contributed by atoms with Crippen LogP contribution in [0.4, 0.5) is 0 Å². The van der Waals surface area contributed by atoms with Crippen LogP contribution in [-0.2, 0) is 5.41 Å². The third-order valence-electron chi connectivity index (χ3n) is 4.38. The molecule has 96 valence electrons. The molecule has 3 rings (SSSR count). The Morgan fingerprint density at radius 1 is 1.11 bits per heavy atom. The number of aromatic nitrogens is 2. The summed E-state index contributed by atoms with van der Waals surface area (Å²) >= 11 is 0. The summed E-state index contributed by atoms with van der Waals surface area (Å²) in [6.45, 7) is 8.80. The number of aromatic amines is 1. The highest BCUT2D eigenvalue weighted by atomic mass is 15.0. The Kier molecular flexibility index (Phi) is 2.67. The molecule has 1 aliphatic heterocycles. The van der Waals surface area contributed by atoms with Crippen LogP contribution in [0.5, 0.6) is 0 Å². The van der Waals surface area contributed by atoms with Gasteiger partial charge in [0, 0.05) is 5.41 Å². The van der Waals surface area contributed by atoms with Crippen molar-refractivity contribution in [1.82, 2.24) is 15.3 Å². The van der Waals surface area contributed by atoms with Gasteiger partial charge in [-0.1, -0.05) is 6.92 Å². The molecule has 0 saturated carbocycles. The van der Waals surface area contributed by atoms with Crippen molar-refractivity contribution in [1.29, 1.82) is 0 Å². The summed E-state index contributed by atoms with van der Waals surface area (Å²) in [5.41, 5.74) is 5.12. The molecule has 1 aliphatic rings. The number of rotatable bonds is 1. The maximum Gasteiger partial charge on any atom is 0.113 e. The van der Waals surface area contributed by atoms with Gasteiger partial charge in [0.15, 0.2) is 0 Å². The van der Waals surface area contributed by atoms with Gasteiger partial charge in [0.05, 0.1) is 11.0 Å². The number of fused-ring (bicyclic) bond motifs is 1. The van der Waals surface area contributed by atoms with Crippen molar-refractivity contribution in [2.24, 2.45) is 0 Å². The summed E-state index contributed by atoms with van der Waals surface area (Å²) in [6.07, 6.45) is 2.32. The molecular formula is C15H21N3. The lowest BCUT2D eigenvalue weighted by Gasteiger charge is -2.32. The first-order valence-electron chi connectivity index (χ1n) is 6.77. The second kappa shape index (κ2) is 4.09. The zero-order chi connectivity index (χ0) is 12.8. The van der Waals surface area contributed by atoms with Crippen molar-refractivity contribution in [3.63, 3.8) is 0 Å². The van der Waals surface area contributed by atoms with Crippen molar-refractivity contribution in [3.8, 4) is 0 Å². The molecule has 0 atom stereocenters. The van der Waals surface area contributed by atoms with Crippen molar-refractivity contribution in [2.45, 2.75) is 39.0 Å². The van der Waals surface area contributed by atoms with Crippen LogP contribution >= 0.6 is 0 Å². The van der Waals surface area contributed by atoms with Crippen molar-refractivity contribution >= 4 is 11.0 Å². The van der Waals surface area contributed by atoms with Crippen molar-refractivity contribution < 1.29 is 0 Å². The fourth-order valence-corrected chi connectivity index (χ4v) is 2.77. The molecule has 0 spiro atoms. The fraction of sp³-hybridized carbons (Fsp3) is 0.533. The van der Waals surface area contributed by atoms with Gasteiger partial charge in [-0.2, -0.15) is 0 Å². The van der Waals surface area contributed by atoms with Gasteiger partial charge < -0.3 is 10.3 Å². The van der Waals surface area contributed by atoms with Crippen LogP contribution in [-0.4, -0.2) is 23.1 Å². The average Bonchev–Trinajstić information content (AvgIpc) is 2.74. The number of hydrogen-bond acceptors (Lipinski definition) is 2. The molecule has 2 heterocycles. The molecule has 0 bridgehead atoms.